The van der Waals surface area contributed by atoms with Crippen LogP contribution < -0.4 is 5.11 Å². The monoisotopic (exact) mass is 298 g/mol. The van der Waals surface area contributed by atoms with Crippen LogP contribution in [0.15, 0.2) is 48.5 Å². The van der Waals surface area contributed by atoms with Crippen molar-refractivity contribution < 1.29 is 19.4 Å². The number of carbonyl (C=O) groups excluding carboxylic acids is 1. The number of aliphatic hydroxyl groups excluding tert-OH is 1. The van der Waals surface area contributed by atoms with Crippen LogP contribution in [0.25, 0.3) is 0 Å². The first-order valence-electron chi connectivity index (χ1n) is 6.64. The number of halogens is 1. The molecule has 2 aromatic rings. The maximum absolute atomic E-state index is 12.9. The molecule has 0 aliphatic rings. The Morgan fingerprint density at radius 1 is 1.18 bits per heavy atom. The van der Waals surface area contributed by atoms with E-state index in [4.69, 9.17) is 5.26 Å². The first-order chi connectivity index (χ1) is 10.5. The predicted octanol–water partition coefficient (Wildman–Crippen LogP) is 1.34. The first kappa shape index (κ1) is 15.7. The second kappa shape index (κ2) is 6.83. The minimum Gasteiger partial charge on any atom is -0.550 e. The van der Waals surface area contributed by atoms with Gasteiger partial charge in [0.25, 0.3) is 0 Å². The van der Waals surface area contributed by atoms with Gasteiger partial charge in [-0.2, -0.15) is 5.26 Å². The van der Waals surface area contributed by atoms with Gasteiger partial charge in [-0.3, -0.25) is 0 Å². The topological polar surface area (TPSA) is 84.2 Å². The van der Waals surface area contributed by atoms with Gasteiger partial charge in [-0.1, -0.05) is 24.3 Å². The molecular formula is C17H13FNO3-. The third-order valence-electron chi connectivity index (χ3n) is 3.43. The lowest BCUT2D eigenvalue weighted by Gasteiger charge is -2.24. The van der Waals surface area contributed by atoms with Gasteiger partial charge in [0.15, 0.2) is 0 Å². The van der Waals surface area contributed by atoms with Crippen molar-refractivity contribution in [2.24, 2.45) is 5.92 Å². The van der Waals surface area contributed by atoms with E-state index >= 15 is 0 Å². The number of nitriles is 1. The molecule has 2 atom stereocenters. The first-order valence-corrected chi connectivity index (χ1v) is 6.64. The molecule has 1 N–H and O–H groups in total. The van der Waals surface area contributed by atoms with Crippen LogP contribution in [-0.4, -0.2) is 11.1 Å². The average molecular weight is 298 g/mol. The van der Waals surface area contributed by atoms with Gasteiger partial charge in [0.05, 0.1) is 17.7 Å². The molecular weight excluding hydrogens is 285 g/mol. The third kappa shape index (κ3) is 3.68. The quantitative estimate of drug-likeness (QED) is 0.902. The van der Waals surface area contributed by atoms with Gasteiger partial charge in [0.2, 0.25) is 0 Å². The van der Waals surface area contributed by atoms with E-state index in [9.17, 15) is 19.4 Å². The lowest BCUT2D eigenvalue weighted by atomic mass is 9.89. The highest BCUT2D eigenvalue weighted by Gasteiger charge is 2.22. The summed E-state index contributed by atoms with van der Waals surface area (Å²) in [6.07, 6.45) is -1.26. The molecule has 0 heterocycles. The maximum atomic E-state index is 12.9. The Bertz CT molecular complexity index is 689. The molecule has 4 nitrogen and oxygen atoms in total. The zero-order chi connectivity index (χ0) is 16.1. The number of aliphatic carboxylic acids is 1. The number of rotatable bonds is 5. The molecule has 2 aromatic carbocycles. The summed E-state index contributed by atoms with van der Waals surface area (Å²) in [5, 5.41) is 30.3. The maximum Gasteiger partial charge on any atom is 0.123 e. The number of benzene rings is 2. The Morgan fingerprint density at radius 3 is 2.27 bits per heavy atom. The van der Waals surface area contributed by atoms with E-state index in [1.54, 1.807) is 24.3 Å². The minimum atomic E-state index is -1.39. The smallest absolute Gasteiger partial charge is 0.123 e. The Hall–Kier alpha value is -2.71. The largest absolute Gasteiger partial charge is 0.550 e. The van der Waals surface area contributed by atoms with Crippen molar-refractivity contribution >= 4 is 5.97 Å². The summed E-state index contributed by atoms with van der Waals surface area (Å²) in [6.45, 7) is 0. The molecule has 22 heavy (non-hydrogen) atoms. The van der Waals surface area contributed by atoms with E-state index in [0.29, 0.717) is 16.7 Å². The van der Waals surface area contributed by atoms with Gasteiger partial charge < -0.3 is 15.0 Å². The zero-order valence-corrected chi connectivity index (χ0v) is 11.6. The molecule has 0 amide bonds. The van der Waals surface area contributed by atoms with E-state index < -0.39 is 23.8 Å². The van der Waals surface area contributed by atoms with Crippen molar-refractivity contribution in [3.8, 4) is 6.07 Å². The second-order valence-electron chi connectivity index (χ2n) is 4.93. The van der Waals surface area contributed by atoms with Crippen molar-refractivity contribution in [3.05, 3.63) is 71.0 Å². The second-order valence-corrected chi connectivity index (χ2v) is 4.93. The number of carboxylic acid groups (broad SMARTS) is 1. The van der Waals surface area contributed by atoms with Crippen molar-refractivity contribution in [2.45, 2.75) is 12.5 Å². The van der Waals surface area contributed by atoms with Crippen molar-refractivity contribution in [3.63, 3.8) is 0 Å². The number of aliphatic hydroxyl groups is 1. The van der Waals surface area contributed by atoms with E-state index in [1.807, 2.05) is 6.07 Å². The molecule has 0 aromatic heterocycles. The fourth-order valence-electron chi connectivity index (χ4n) is 2.19. The standard InChI is InChI=1S/C17H14FNO3/c18-14-7-5-13(6-8-14)16(20)15(17(21)22)9-11-1-3-12(10-19)4-2-11/h1-8,15-16,20H,9H2,(H,21,22)/p-1. The molecule has 2 unspecified atom stereocenters. The van der Waals surface area contributed by atoms with Crippen LogP contribution in [0.3, 0.4) is 0 Å². The van der Waals surface area contributed by atoms with E-state index in [2.05, 4.69) is 0 Å². The number of carboxylic acids is 1. The Labute approximate surface area is 127 Å². The van der Waals surface area contributed by atoms with Crippen molar-refractivity contribution in [1.29, 1.82) is 5.26 Å². The van der Waals surface area contributed by atoms with Crippen LogP contribution in [0, 0.1) is 23.1 Å². The average Bonchev–Trinajstić information content (AvgIpc) is 2.53. The lowest BCUT2D eigenvalue weighted by Crippen LogP contribution is -2.36. The fourth-order valence-corrected chi connectivity index (χ4v) is 2.19. The molecule has 2 rings (SSSR count). The van der Waals surface area contributed by atoms with Gasteiger partial charge in [-0.15, -0.1) is 0 Å². The molecule has 0 bridgehead atoms. The van der Waals surface area contributed by atoms with E-state index in [1.165, 1.54) is 12.1 Å². The highest BCUT2D eigenvalue weighted by atomic mass is 19.1. The van der Waals surface area contributed by atoms with Gasteiger partial charge in [-0.05, 0) is 41.8 Å². The summed E-state index contributed by atoms with van der Waals surface area (Å²) in [4.78, 5) is 11.3. The van der Waals surface area contributed by atoms with Crippen LogP contribution in [-0.2, 0) is 11.2 Å². The molecule has 0 fully saturated rings. The summed E-state index contributed by atoms with van der Waals surface area (Å²) in [5.74, 6) is -3.02. The Morgan fingerprint density at radius 2 is 1.77 bits per heavy atom. The van der Waals surface area contributed by atoms with Crippen molar-refractivity contribution in [2.75, 3.05) is 0 Å². The molecule has 0 spiro atoms. The number of hydrogen-bond donors (Lipinski definition) is 1. The number of nitrogens with zero attached hydrogens (tertiary/aromatic N) is 1. The van der Waals surface area contributed by atoms with Crippen LogP contribution in [0.4, 0.5) is 4.39 Å². The van der Waals surface area contributed by atoms with Gasteiger partial charge in [0, 0.05) is 11.9 Å². The summed E-state index contributed by atoms with van der Waals surface area (Å²) in [6, 6.07) is 13.4. The highest BCUT2D eigenvalue weighted by molar-refractivity contribution is 5.69. The van der Waals surface area contributed by atoms with Crippen LogP contribution in [0.2, 0.25) is 0 Å². The number of hydrogen-bond acceptors (Lipinski definition) is 4. The van der Waals surface area contributed by atoms with Crippen LogP contribution in [0.5, 0.6) is 0 Å². The summed E-state index contributed by atoms with van der Waals surface area (Å²) < 4.78 is 12.9. The molecule has 0 saturated heterocycles. The summed E-state index contributed by atoms with van der Waals surface area (Å²) >= 11 is 0. The third-order valence-corrected chi connectivity index (χ3v) is 3.43. The molecule has 0 radical (unpaired) electrons. The predicted molar refractivity (Wildman–Crippen MR) is 74.7 cm³/mol. The minimum absolute atomic E-state index is 0.0482. The van der Waals surface area contributed by atoms with E-state index in [-0.39, 0.29) is 6.42 Å². The highest BCUT2D eigenvalue weighted by Crippen LogP contribution is 2.25. The molecule has 5 heteroatoms. The normalized spacial score (nSPS) is 13.1. The lowest BCUT2D eigenvalue weighted by molar-refractivity contribution is -0.314. The molecule has 0 aliphatic heterocycles. The molecule has 0 aliphatic carbocycles. The van der Waals surface area contributed by atoms with Gasteiger partial charge in [-0.25, -0.2) is 4.39 Å². The van der Waals surface area contributed by atoms with Crippen molar-refractivity contribution in [1.82, 2.24) is 0 Å². The summed E-state index contributed by atoms with van der Waals surface area (Å²) in [5.41, 5.74) is 1.44. The summed E-state index contributed by atoms with van der Waals surface area (Å²) in [7, 11) is 0. The van der Waals surface area contributed by atoms with Gasteiger partial charge >= 0.3 is 0 Å². The SMILES string of the molecule is N#Cc1ccc(CC(C(=O)[O-])C(O)c2ccc(F)cc2)cc1. The van der Waals surface area contributed by atoms with Gasteiger partial charge in [0.1, 0.15) is 5.82 Å². The van der Waals surface area contributed by atoms with E-state index in [0.717, 1.165) is 12.1 Å². The molecule has 0 saturated carbocycles. The zero-order valence-electron chi connectivity index (χ0n) is 11.6. The Kier molecular flexibility index (Phi) is 4.87. The molecule has 112 valence electrons. The van der Waals surface area contributed by atoms with Crippen LogP contribution >= 0.6 is 0 Å². The van der Waals surface area contributed by atoms with Crippen LogP contribution in [0.1, 0.15) is 22.8 Å². The number of carbonyl (C=O) groups is 1. The Balaban J connectivity index is 2.20. The fraction of sp³-hybridized carbons (Fsp3) is 0.176.